The van der Waals surface area contributed by atoms with Crippen molar-refractivity contribution in [2.24, 2.45) is 0 Å². The number of nitrogens with zero attached hydrogens (tertiary/aromatic N) is 2. The van der Waals surface area contributed by atoms with Crippen LogP contribution in [0.15, 0.2) is 28.8 Å². The zero-order valence-corrected chi connectivity index (χ0v) is 14.6. The fraction of sp³-hybridized carbons (Fsp3) is 0.444. The van der Waals surface area contributed by atoms with Crippen LogP contribution >= 0.6 is 0 Å². The van der Waals surface area contributed by atoms with Gasteiger partial charge in [-0.15, -0.1) is 0 Å². The number of aromatic nitrogens is 1. The fourth-order valence-electron chi connectivity index (χ4n) is 3.15. The van der Waals surface area contributed by atoms with E-state index in [1.165, 1.54) is 13.2 Å². The van der Waals surface area contributed by atoms with Crippen molar-refractivity contribution in [3.63, 3.8) is 0 Å². The lowest BCUT2D eigenvalue weighted by molar-refractivity contribution is 0.179. The maximum atomic E-state index is 13.9. The molecular weight excluding hydrogens is 325 g/mol. The number of urea groups is 1. The van der Waals surface area contributed by atoms with Crippen LogP contribution in [0, 0.1) is 12.7 Å². The van der Waals surface area contributed by atoms with E-state index in [-0.39, 0.29) is 23.9 Å². The number of halogens is 1. The predicted octanol–water partition coefficient (Wildman–Crippen LogP) is 3.74. The van der Waals surface area contributed by atoms with Crippen molar-refractivity contribution in [3.8, 4) is 5.75 Å². The van der Waals surface area contributed by atoms with Gasteiger partial charge >= 0.3 is 6.03 Å². The first-order chi connectivity index (χ1) is 12.0. The molecule has 7 heteroatoms. The number of likely N-dealkylation sites (tertiary alicyclic amines) is 1. The first-order valence-corrected chi connectivity index (χ1v) is 8.33. The molecule has 2 amide bonds. The largest absolute Gasteiger partial charge is 0.494 e. The summed E-state index contributed by atoms with van der Waals surface area (Å²) in [6.07, 6.45) is 1.75. The van der Waals surface area contributed by atoms with Crippen molar-refractivity contribution >= 4 is 6.03 Å². The van der Waals surface area contributed by atoms with E-state index in [1.807, 2.05) is 19.9 Å². The number of hydrogen-bond donors (Lipinski definition) is 1. The van der Waals surface area contributed by atoms with E-state index < -0.39 is 5.82 Å². The molecule has 0 bridgehead atoms. The highest BCUT2D eigenvalue weighted by molar-refractivity contribution is 5.75. The molecule has 1 N–H and O–H groups in total. The fourth-order valence-corrected chi connectivity index (χ4v) is 3.15. The van der Waals surface area contributed by atoms with Crippen LogP contribution in [-0.4, -0.2) is 29.7 Å². The molecule has 1 aromatic heterocycles. The van der Waals surface area contributed by atoms with Crippen molar-refractivity contribution in [2.75, 3.05) is 13.7 Å². The molecular formula is C18H22FN3O3. The molecule has 0 aliphatic carbocycles. The maximum Gasteiger partial charge on any atom is 0.318 e. The highest BCUT2D eigenvalue weighted by Gasteiger charge is 2.33. The Kier molecular flexibility index (Phi) is 4.92. The molecule has 1 aliphatic heterocycles. The van der Waals surface area contributed by atoms with Gasteiger partial charge in [0.1, 0.15) is 0 Å². The van der Waals surface area contributed by atoms with Gasteiger partial charge in [-0.05, 0) is 44.4 Å². The minimum atomic E-state index is -0.447. The van der Waals surface area contributed by atoms with Gasteiger partial charge in [0, 0.05) is 12.6 Å². The standard InChI is InChI=1S/C18H22FN3O3/c1-11-9-17(25-21-11)15-5-4-8-22(15)18(23)20-12(2)13-6-7-16(24-3)14(19)10-13/h6-7,9-10,12,15H,4-5,8H2,1-3H3,(H,20,23)/t12-,15+/m0/s1. The van der Waals surface area contributed by atoms with Gasteiger partial charge in [-0.1, -0.05) is 11.2 Å². The Bertz CT molecular complexity index is 762. The van der Waals surface area contributed by atoms with Gasteiger partial charge in [0.05, 0.1) is 24.9 Å². The lowest BCUT2D eigenvalue weighted by atomic mass is 10.1. The van der Waals surface area contributed by atoms with Crippen molar-refractivity contribution < 1.29 is 18.4 Å². The minimum absolute atomic E-state index is 0.110. The summed E-state index contributed by atoms with van der Waals surface area (Å²) in [6, 6.07) is 5.91. The number of amides is 2. The molecule has 0 radical (unpaired) electrons. The van der Waals surface area contributed by atoms with Crippen LogP contribution in [0.2, 0.25) is 0 Å². The summed E-state index contributed by atoms with van der Waals surface area (Å²) >= 11 is 0. The van der Waals surface area contributed by atoms with Crippen LogP contribution in [0.3, 0.4) is 0 Å². The first kappa shape index (κ1) is 17.3. The van der Waals surface area contributed by atoms with Crippen LogP contribution in [0.4, 0.5) is 9.18 Å². The van der Waals surface area contributed by atoms with Crippen LogP contribution in [0.25, 0.3) is 0 Å². The van der Waals surface area contributed by atoms with Gasteiger partial charge in [0.15, 0.2) is 17.3 Å². The van der Waals surface area contributed by atoms with Crippen LogP contribution in [0.5, 0.6) is 5.75 Å². The van der Waals surface area contributed by atoms with Crippen molar-refractivity contribution in [2.45, 2.75) is 38.8 Å². The number of ether oxygens (including phenoxy) is 1. The monoisotopic (exact) mass is 347 g/mol. The topological polar surface area (TPSA) is 67.6 Å². The molecule has 1 saturated heterocycles. The van der Waals surface area contributed by atoms with E-state index in [4.69, 9.17) is 9.26 Å². The van der Waals surface area contributed by atoms with Crippen LogP contribution in [0.1, 0.15) is 48.9 Å². The first-order valence-electron chi connectivity index (χ1n) is 8.33. The molecule has 2 atom stereocenters. The number of rotatable bonds is 4. The van der Waals surface area contributed by atoms with Crippen molar-refractivity contribution in [1.29, 1.82) is 0 Å². The quantitative estimate of drug-likeness (QED) is 0.915. The average molecular weight is 347 g/mol. The van der Waals surface area contributed by atoms with E-state index >= 15 is 0 Å². The van der Waals surface area contributed by atoms with Gasteiger partial charge in [0.25, 0.3) is 0 Å². The van der Waals surface area contributed by atoms with E-state index in [2.05, 4.69) is 10.5 Å². The number of carbonyl (C=O) groups excluding carboxylic acids is 1. The predicted molar refractivity (Wildman–Crippen MR) is 89.8 cm³/mol. The van der Waals surface area contributed by atoms with Gasteiger partial charge in [0.2, 0.25) is 0 Å². The summed E-state index contributed by atoms with van der Waals surface area (Å²) in [5.41, 5.74) is 1.47. The van der Waals surface area contributed by atoms with E-state index in [0.717, 1.165) is 18.5 Å². The molecule has 1 aromatic carbocycles. The Morgan fingerprint density at radius 3 is 2.92 bits per heavy atom. The number of benzene rings is 1. The lowest BCUT2D eigenvalue weighted by Gasteiger charge is -2.25. The van der Waals surface area contributed by atoms with Crippen molar-refractivity contribution in [3.05, 3.63) is 47.1 Å². The second kappa shape index (κ2) is 7.13. The normalized spacial score (nSPS) is 18.2. The summed E-state index contributed by atoms with van der Waals surface area (Å²) in [5.74, 6) is 0.438. The maximum absolute atomic E-state index is 13.9. The molecule has 0 spiro atoms. The average Bonchev–Trinajstić information content (AvgIpc) is 3.23. The number of methoxy groups -OCH3 is 1. The Balaban J connectivity index is 1.69. The second-order valence-corrected chi connectivity index (χ2v) is 6.29. The smallest absolute Gasteiger partial charge is 0.318 e. The Morgan fingerprint density at radius 2 is 2.28 bits per heavy atom. The summed E-state index contributed by atoms with van der Waals surface area (Å²) < 4.78 is 24.1. The van der Waals surface area contributed by atoms with Crippen LogP contribution in [-0.2, 0) is 0 Å². The van der Waals surface area contributed by atoms with Crippen molar-refractivity contribution in [1.82, 2.24) is 15.4 Å². The molecule has 1 aliphatic rings. The van der Waals surface area contributed by atoms with Gasteiger partial charge < -0.3 is 19.5 Å². The van der Waals surface area contributed by atoms with Crippen LogP contribution < -0.4 is 10.1 Å². The van der Waals surface area contributed by atoms with Gasteiger partial charge in [-0.3, -0.25) is 0 Å². The molecule has 25 heavy (non-hydrogen) atoms. The molecule has 3 rings (SSSR count). The zero-order valence-electron chi connectivity index (χ0n) is 14.6. The molecule has 0 saturated carbocycles. The summed E-state index contributed by atoms with van der Waals surface area (Å²) in [5, 5.41) is 6.83. The molecule has 6 nitrogen and oxygen atoms in total. The van der Waals surface area contributed by atoms with Gasteiger partial charge in [-0.2, -0.15) is 0 Å². The SMILES string of the molecule is COc1ccc([C@H](C)NC(=O)N2CCC[C@@H]2c2cc(C)no2)cc1F. The molecule has 0 unspecified atom stereocenters. The highest BCUT2D eigenvalue weighted by Crippen LogP contribution is 2.32. The summed E-state index contributed by atoms with van der Waals surface area (Å²) in [7, 11) is 1.42. The molecule has 2 aromatic rings. The van der Waals surface area contributed by atoms with Gasteiger partial charge in [-0.25, -0.2) is 9.18 Å². The zero-order chi connectivity index (χ0) is 18.0. The molecule has 1 fully saturated rings. The lowest BCUT2D eigenvalue weighted by Crippen LogP contribution is -2.40. The number of aryl methyl sites for hydroxylation is 1. The third-order valence-corrected chi connectivity index (χ3v) is 4.50. The third kappa shape index (κ3) is 3.60. The Labute approximate surface area is 145 Å². The number of carbonyl (C=O) groups is 1. The Hall–Kier alpha value is -2.57. The third-order valence-electron chi connectivity index (χ3n) is 4.50. The van der Waals surface area contributed by atoms with E-state index in [0.29, 0.717) is 17.9 Å². The summed E-state index contributed by atoms with van der Waals surface area (Å²) in [6.45, 7) is 4.33. The molecule has 2 heterocycles. The minimum Gasteiger partial charge on any atom is -0.494 e. The number of hydrogen-bond acceptors (Lipinski definition) is 4. The number of nitrogens with one attached hydrogen (secondary N) is 1. The van der Waals surface area contributed by atoms with E-state index in [1.54, 1.807) is 17.0 Å². The summed E-state index contributed by atoms with van der Waals surface area (Å²) in [4.78, 5) is 14.4. The highest BCUT2D eigenvalue weighted by atomic mass is 19.1. The molecule has 134 valence electrons. The Morgan fingerprint density at radius 1 is 1.48 bits per heavy atom. The second-order valence-electron chi connectivity index (χ2n) is 6.29. The van der Waals surface area contributed by atoms with E-state index in [9.17, 15) is 9.18 Å².